The van der Waals surface area contributed by atoms with Crippen molar-refractivity contribution in [1.82, 2.24) is 10.6 Å². The number of nitrogens with two attached hydrogens (primary N) is 2. The molecule has 0 atom stereocenters. The van der Waals surface area contributed by atoms with Gasteiger partial charge in [0.2, 0.25) is 11.8 Å². The van der Waals surface area contributed by atoms with Crippen molar-refractivity contribution in [2.75, 3.05) is 19.6 Å². The minimum atomic E-state index is -0.194. The highest BCUT2D eigenvalue weighted by atomic mass is 16.2. The molecule has 0 aliphatic heterocycles. The van der Waals surface area contributed by atoms with Gasteiger partial charge in [-0.3, -0.25) is 14.6 Å². The third-order valence-corrected chi connectivity index (χ3v) is 1.68. The second-order valence-corrected chi connectivity index (χ2v) is 3.14. The molecule has 0 unspecified atom stereocenters. The number of aliphatic imine (C=N–C) groups is 1. The van der Waals surface area contributed by atoms with Gasteiger partial charge >= 0.3 is 0 Å². The summed E-state index contributed by atoms with van der Waals surface area (Å²) in [4.78, 5) is 25.9. The summed E-state index contributed by atoms with van der Waals surface area (Å²) >= 11 is 0. The highest BCUT2D eigenvalue weighted by Crippen LogP contribution is 1.89. The number of rotatable bonds is 7. The minimum absolute atomic E-state index is 0.00890. The number of guanidine groups is 1. The van der Waals surface area contributed by atoms with E-state index in [-0.39, 0.29) is 24.3 Å². The van der Waals surface area contributed by atoms with Gasteiger partial charge in [0.05, 0.1) is 6.54 Å². The van der Waals surface area contributed by atoms with Crippen molar-refractivity contribution in [2.24, 2.45) is 16.5 Å². The molecule has 16 heavy (non-hydrogen) atoms. The Morgan fingerprint density at radius 3 is 2.44 bits per heavy atom. The molecule has 0 spiro atoms. The largest absolute Gasteiger partial charge is 0.370 e. The van der Waals surface area contributed by atoms with Crippen LogP contribution >= 0.6 is 0 Å². The number of likely N-dealkylation sites (N-methyl/N-ethyl adjacent to an activating group) is 1. The molecule has 7 heteroatoms. The summed E-state index contributed by atoms with van der Waals surface area (Å²) < 4.78 is 0. The van der Waals surface area contributed by atoms with E-state index in [1.807, 2.05) is 6.92 Å². The lowest BCUT2D eigenvalue weighted by Gasteiger charge is -2.04. The molecule has 0 aliphatic carbocycles. The van der Waals surface area contributed by atoms with E-state index in [2.05, 4.69) is 15.6 Å². The number of hydrogen-bond donors (Lipinski definition) is 4. The predicted octanol–water partition coefficient (Wildman–Crippen LogP) is -1.71. The van der Waals surface area contributed by atoms with Crippen molar-refractivity contribution in [1.29, 1.82) is 0 Å². The van der Waals surface area contributed by atoms with Crippen molar-refractivity contribution < 1.29 is 9.59 Å². The Bertz CT molecular complexity index is 261. The average molecular weight is 229 g/mol. The summed E-state index contributed by atoms with van der Waals surface area (Å²) in [5.74, 6) is -0.361. The molecule has 2 amide bonds. The Labute approximate surface area is 94.7 Å². The van der Waals surface area contributed by atoms with Crippen molar-refractivity contribution in [2.45, 2.75) is 19.8 Å². The van der Waals surface area contributed by atoms with E-state index in [0.717, 1.165) is 0 Å². The van der Waals surface area contributed by atoms with Gasteiger partial charge in [0.25, 0.3) is 0 Å². The Kier molecular flexibility index (Phi) is 7.56. The monoisotopic (exact) mass is 229 g/mol. The van der Waals surface area contributed by atoms with E-state index >= 15 is 0 Å². The van der Waals surface area contributed by atoms with Gasteiger partial charge in [-0.05, 0) is 13.3 Å². The zero-order valence-corrected chi connectivity index (χ0v) is 9.45. The van der Waals surface area contributed by atoms with Gasteiger partial charge in [-0.2, -0.15) is 0 Å². The van der Waals surface area contributed by atoms with E-state index < -0.39 is 0 Å². The van der Waals surface area contributed by atoms with Gasteiger partial charge in [0.1, 0.15) is 0 Å². The second kappa shape index (κ2) is 8.51. The third-order valence-electron chi connectivity index (χ3n) is 1.68. The van der Waals surface area contributed by atoms with Crippen LogP contribution in [0.1, 0.15) is 19.8 Å². The number of nitrogens with one attached hydrogen (secondary N) is 2. The summed E-state index contributed by atoms with van der Waals surface area (Å²) in [6.07, 6.45) is 0.856. The van der Waals surface area contributed by atoms with Crippen LogP contribution in [-0.4, -0.2) is 37.4 Å². The molecule has 0 saturated heterocycles. The first kappa shape index (κ1) is 14.2. The van der Waals surface area contributed by atoms with Crippen LogP contribution in [0.15, 0.2) is 4.99 Å². The van der Waals surface area contributed by atoms with Crippen LogP contribution in [0.5, 0.6) is 0 Å². The fraction of sp³-hybridized carbons (Fsp3) is 0.667. The average Bonchev–Trinajstić information content (AvgIpc) is 2.22. The number of nitrogens with zero attached hydrogens (tertiary/aromatic N) is 1. The van der Waals surface area contributed by atoms with E-state index in [0.29, 0.717) is 25.9 Å². The lowest BCUT2D eigenvalue weighted by atomic mass is 10.3. The standard InChI is InChI=1S/C9H19N5O2/c1-2-12-8(16)6-14-7(15)4-3-5-13-9(10)11/h2-6H2,1H3,(H,12,16)(H,14,15)(H4,10,11,13). The zero-order valence-electron chi connectivity index (χ0n) is 9.45. The van der Waals surface area contributed by atoms with Crippen LogP contribution < -0.4 is 22.1 Å². The number of amides is 2. The molecule has 0 aromatic carbocycles. The maximum Gasteiger partial charge on any atom is 0.239 e. The van der Waals surface area contributed by atoms with E-state index in [9.17, 15) is 9.59 Å². The SMILES string of the molecule is CCNC(=O)CNC(=O)CCCN=C(N)N. The summed E-state index contributed by atoms with van der Waals surface area (Å²) in [6.45, 7) is 2.79. The van der Waals surface area contributed by atoms with Crippen LogP contribution in [0, 0.1) is 0 Å². The Morgan fingerprint density at radius 1 is 1.19 bits per heavy atom. The topological polar surface area (TPSA) is 123 Å². The molecule has 92 valence electrons. The van der Waals surface area contributed by atoms with Crippen LogP contribution in [0.4, 0.5) is 0 Å². The van der Waals surface area contributed by atoms with Gasteiger partial charge in [-0.1, -0.05) is 0 Å². The third kappa shape index (κ3) is 8.79. The first-order valence-electron chi connectivity index (χ1n) is 5.15. The summed E-state index contributed by atoms with van der Waals surface area (Å²) in [5.41, 5.74) is 10.2. The highest BCUT2D eigenvalue weighted by molar-refractivity contribution is 5.84. The molecular formula is C9H19N5O2. The molecule has 0 aliphatic rings. The Balaban J connectivity index is 3.52. The van der Waals surface area contributed by atoms with Crippen LogP contribution in [0.2, 0.25) is 0 Å². The summed E-state index contributed by atoms with van der Waals surface area (Å²) in [7, 11) is 0. The molecule has 7 nitrogen and oxygen atoms in total. The molecule has 0 heterocycles. The van der Waals surface area contributed by atoms with E-state index in [1.54, 1.807) is 0 Å². The number of carbonyl (C=O) groups is 2. The molecule has 0 saturated carbocycles. The van der Waals surface area contributed by atoms with E-state index in [4.69, 9.17) is 11.5 Å². The minimum Gasteiger partial charge on any atom is -0.370 e. The fourth-order valence-electron chi connectivity index (χ4n) is 0.975. The van der Waals surface area contributed by atoms with Crippen molar-refractivity contribution in [3.8, 4) is 0 Å². The quantitative estimate of drug-likeness (QED) is 0.236. The maximum absolute atomic E-state index is 11.2. The predicted molar refractivity (Wildman–Crippen MR) is 61.6 cm³/mol. The normalized spacial score (nSPS) is 9.31. The summed E-state index contributed by atoms with van der Waals surface area (Å²) in [6, 6.07) is 0. The van der Waals surface area contributed by atoms with Crippen molar-refractivity contribution in [3.05, 3.63) is 0 Å². The van der Waals surface area contributed by atoms with Crippen molar-refractivity contribution in [3.63, 3.8) is 0 Å². The first-order chi connectivity index (χ1) is 7.56. The van der Waals surface area contributed by atoms with Crippen LogP contribution in [0.25, 0.3) is 0 Å². The van der Waals surface area contributed by atoms with Crippen molar-refractivity contribution >= 4 is 17.8 Å². The molecule has 0 rings (SSSR count). The molecule has 0 bridgehead atoms. The van der Waals surface area contributed by atoms with Gasteiger partial charge in [-0.15, -0.1) is 0 Å². The molecule has 0 radical (unpaired) electrons. The molecule has 0 aromatic rings. The number of carbonyl (C=O) groups excluding carboxylic acids is 2. The Hall–Kier alpha value is -1.79. The second-order valence-electron chi connectivity index (χ2n) is 3.14. The highest BCUT2D eigenvalue weighted by Gasteiger charge is 2.03. The fourth-order valence-corrected chi connectivity index (χ4v) is 0.975. The molecule has 0 fully saturated rings. The van der Waals surface area contributed by atoms with E-state index in [1.165, 1.54) is 0 Å². The molecule has 0 aromatic heterocycles. The van der Waals surface area contributed by atoms with Crippen LogP contribution in [0.3, 0.4) is 0 Å². The number of hydrogen-bond acceptors (Lipinski definition) is 3. The molecule has 6 N–H and O–H groups in total. The van der Waals surface area contributed by atoms with Gasteiger partial charge < -0.3 is 22.1 Å². The van der Waals surface area contributed by atoms with Gasteiger partial charge in [0.15, 0.2) is 5.96 Å². The lowest BCUT2D eigenvalue weighted by Crippen LogP contribution is -2.36. The van der Waals surface area contributed by atoms with Crippen LogP contribution in [-0.2, 0) is 9.59 Å². The summed E-state index contributed by atoms with van der Waals surface area (Å²) in [5, 5.41) is 5.07. The molecular weight excluding hydrogens is 210 g/mol. The maximum atomic E-state index is 11.2. The zero-order chi connectivity index (χ0) is 12.4. The first-order valence-corrected chi connectivity index (χ1v) is 5.15. The Morgan fingerprint density at radius 2 is 1.88 bits per heavy atom. The smallest absolute Gasteiger partial charge is 0.239 e. The van der Waals surface area contributed by atoms with Gasteiger partial charge in [0, 0.05) is 19.5 Å². The lowest BCUT2D eigenvalue weighted by molar-refractivity contribution is -0.126. The van der Waals surface area contributed by atoms with Gasteiger partial charge in [-0.25, -0.2) is 0 Å².